The lowest BCUT2D eigenvalue weighted by molar-refractivity contribution is 0.0879. The number of piperidine rings is 1. The predicted molar refractivity (Wildman–Crippen MR) is 94.2 cm³/mol. The Hall–Kier alpha value is -1.40. The topological polar surface area (TPSA) is 67.6 Å². The number of carbonyl (C=O) groups is 1. The number of nitrogens with one attached hydrogen (secondary N) is 1. The minimum atomic E-state index is -0.0638. The molecule has 0 aromatic heterocycles. The summed E-state index contributed by atoms with van der Waals surface area (Å²) in [5, 5.41) is 3.21. The van der Waals surface area contributed by atoms with E-state index in [1.165, 1.54) is 24.6 Å². The highest BCUT2D eigenvalue weighted by Crippen LogP contribution is 2.35. The van der Waals surface area contributed by atoms with E-state index in [0.717, 1.165) is 17.7 Å². The maximum absolute atomic E-state index is 12.7. The third kappa shape index (κ3) is 3.15. The van der Waals surface area contributed by atoms with Crippen molar-refractivity contribution in [2.75, 3.05) is 26.1 Å². The van der Waals surface area contributed by atoms with Crippen molar-refractivity contribution in [3.8, 4) is 5.75 Å². The van der Waals surface area contributed by atoms with Crippen LogP contribution in [0.1, 0.15) is 36.0 Å². The van der Waals surface area contributed by atoms with E-state index in [1.807, 2.05) is 12.3 Å². The van der Waals surface area contributed by atoms with Crippen molar-refractivity contribution in [2.45, 2.75) is 48.7 Å². The summed E-state index contributed by atoms with van der Waals surface area (Å²) >= 11 is 1.54. The highest BCUT2D eigenvalue weighted by atomic mass is 32.2. The molecule has 2 atom stereocenters. The zero-order valence-electron chi connectivity index (χ0n) is 14.0. The first-order valence-corrected chi connectivity index (χ1v) is 9.30. The van der Waals surface area contributed by atoms with Crippen molar-refractivity contribution in [1.29, 1.82) is 0 Å². The smallest absolute Gasteiger partial charge is 0.255 e. The number of nitrogen functional groups attached to an aromatic ring is 1. The highest BCUT2D eigenvalue weighted by molar-refractivity contribution is 7.98. The number of ether oxygens (including phenoxy) is 1. The van der Waals surface area contributed by atoms with E-state index in [0.29, 0.717) is 29.1 Å². The summed E-state index contributed by atoms with van der Waals surface area (Å²) < 4.78 is 5.35. The first-order chi connectivity index (χ1) is 11.0. The number of carbonyl (C=O) groups excluding carboxylic acids is 1. The monoisotopic (exact) mass is 335 g/mol. The number of nitrogens with zero attached hydrogens (tertiary/aromatic N) is 1. The number of nitrogens with two attached hydrogens (primary N) is 1. The average molecular weight is 335 g/mol. The van der Waals surface area contributed by atoms with Crippen LogP contribution < -0.4 is 15.8 Å². The third-order valence-corrected chi connectivity index (χ3v) is 6.02. The second-order valence-corrected chi connectivity index (χ2v) is 7.33. The summed E-state index contributed by atoms with van der Waals surface area (Å²) in [6.07, 6.45) is 6.51. The maximum atomic E-state index is 12.7. The lowest BCUT2D eigenvalue weighted by Crippen LogP contribution is -2.48. The molecule has 2 aliphatic heterocycles. The molecule has 1 aromatic rings. The number of fused-ring (bicyclic) bond motifs is 2. The molecule has 3 rings (SSSR count). The zero-order chi connectivity index (χ0) is 16.6. The van der Waals surface area contributed by atoms with Gasteiger partial charge in [0, 0.05) is 34.8 Å². The molecule has 2 aliphatic rings. The van der Waals surface area contributed by atoms with Crippen molar-refractivity contribution in [2.24, 2.45) is 0 Å². The number of methoxy groups -OCH3 is 1. The fourth-order valence-electron chi connectivity index (χ4n) is 3.89. The summed E-state index contributed by atoms with van der Waals surface area (Å²) in [4.78, 5) is 16.1. The van der Waals surface area contributed by atoms with Gasteiger partial charge in [0.25, 0.3) is 5.91 Å². The quantitative estimate of drug-likeness (QED) is 0.653. The van der Waals surface area contributed by atoms with Crippen LogP contribution in [0.2, 0.25) is 0 Å². The highest BCUT2D eigenvalue weighted by Gasteiger charge is 2.39. The molecular formula is C17H25N3O2S. The summed E-state index contributed by atoms with van der Waals surface area (Å²) in [5.41, 5.74) is 7.19. The van der Waals surface area contributed by atoms with Crippen LogP contribution in [0.5, 0.6) is 5.75 Å². The van der Waals surface area contributed by atoms with Crippen LogP contribution in [0.3, 0.4) is 0 Å². The molecule has 2 bridgehead atoms. The van der Waals surface area contributed by atoms with E-state index in [4.69, 9.17) is 10.5 Å². The number of amides is 1. The average Bonchev–Trinajstić information content (AvgIpc) is 2.75. The molecule has 1 aromatic carbocycles. The van der Waals surface area contributed by atoms with Crippen LogP contribution in [0, 0.1) is 0 Å². The van der Waals surface area contributed by atoms with E-state index in [9.17, 15) is 4.79 Å². The molecule has 0 spiro atoms. The summed E-state index contributed by atoms with van der Waals surface area (Å²) in [5.74, 6) is 0.472. The van der Waals surface area contributed by atoms with Gasteiger partial charge >= 0.3 is 0 Å². The van der Waals surface area contributed by atoms with Gasteiger partial charge in [0.05, 0.1) is 12.7 Å². The summed E-state index contributed by atoms with van der Waals surface area (Å²) in [6.45, 7) is 0. The van der Waals surface area contributed by atoms with Gasteiger partial charge in [0.2, 0.25) is 0 Å². The Morgan fingerprint density at radius 2 is 2.00 bits per heavy atom. The van der Waals surface area contributed by atoms with Crippen molar-refractivity contribution in [1.82, 2.24) is 10.2 Å². The molecule has 2 heterocycles. The zero-order valence-corrected chi connectivity index (χ0v) is 14.8. The Bertz CT molecular complexity index is 594. The molecule has 6 heteroatoms. The molecule has 5 nitrogen and oxygen atoms in total. The van der Waals surface area contributed by atoms with Crippen molar-refractivity contribution >= 4 is 23.4 Å². The normalized spacial score (nSPS) is 27.0. The lowest BCUT2D eigenvalue weighted by Gasteiger charge is -2.36. The minimum absolute atomic E-state index is 0.0638. The number of hydrogen-bond acceptors (Lipinski definition) is 5. The molecular weight excluding hydrogens is 310 g/mol. The molecule has 126 valence electrons. The summed E-state index contributed by atoms with van der Waals surface area (Å²) in [7, 11) is 3.77. The fraction of sp³-hybridized carbons (Fsp3) is 0.588. The Kier molecular flexibility index (Phi) is 4.73. The molecule has 0 saturated carbocycles. The number of thioether (sulfide) groups is 1. The molecule has 1 amide bonds. The summed E-state index contributed by atoms with van der Waals surface area (Å²) in [6, 6.07) is 5.02. The van der Waals surface area contributed by atoms with Crippen LogP contribution in [0.25, 0.3) is 0 Å². The number of rotatable bonds is 4. The Labute approximate surface area is 141 Å². The standard InChI is InChI=1S/C17H25N3O2S/c1-20-11-4-5-12(20)7-10(6-11)19-17(21)13-8-16(23-3)14(18)9-15(13)22-2/h8-12H,4-7,18H2,1-3H3,(H,19,21). The predicted octanol–water partition coefficient (Wildman–Crippen LogP) is 2.35. The van der Waals surface area contributed by atoms with Crippen LogP contribution >= 0.6 is 11.8 Å². The fourth-order valence-corrected chi connectivity index (χ4v) is 4.42. The van der Waals surface area contributed by atoms with Crippen LogP contribution in [0.4, 0.5) is 5.69 Å². The first kappa shape index (κ1) is 16.5. The Morgan fingerprint density at radius 3 is 2.57 bits per heavy atom. The van der Waals surface area contributed by atoms with E-state index >= 15 is 0 Å². The van der Waals surface area contributed by atoms with E-state index in [2.05, 4.69) is 17.3 Å². The second-order valence-electron chi connectivity index (χ2n) is 6.49. The van der Waals surface area contributed by atoms with Crippen LogP contribution in [-0.4, -0.2) is 49.3 Å². The van der Waals surface area contributed by atoms with Crippen LogP contribution in [-0.2, 0) is 0 Å². The molecule has 2 fully saturated rings. The van der Waals surface area contributed by atoms with Gasteiger partial charge < -0.3 is 20.7 Å². The molecule has 0 radical (unpaired) electrons. The van der Waals surface area contributed by atoms with E-state index in [-0.39, 0.29) is 11.9 Å². The van der Waals surface area contributed by atoms with Crippen LogP contribution in [0.15, 0.2) is 17.0 Å². The van der Waals surface area contributed by atoms with Gasteiger partial charge in [-0.1, -0.05) is 0 Å². The number of anilines is 1. The van der Waals surface area contributed by atoms with Gasteiger partial charge in [-0.25, -0.2) is 0 Å². The van der Waals surface area contributed by atoms with Crippen molar-refractivity contribution < 1.29 is 9.53 Å². The SMILES string of the molecule is COc1cc(N)c(SC)cc1C(=O)NC1CC2CCC(C1)N2C. The largest absolute Gasteiger partial charge is 0.496 e. The maximum Gasteiger partial charge on any atom is 0.255 e. The van der Waals surface area contributed by atoms with Gasteiger partial charge in [-0.15, -0.1) is 11.8 Å². The van der Waals surface area contributed by atoms with Gasteiger partial charge in [-0.05, 0) is 45.1 Å². The Morgan fingerprint density at radius 1 is 1.35 bits per heavy atom. The van der Waals surface area contributed by atoms with Gasteiger partial charge in [-0.2, -0.15) is 0 Å². The number of hydrogen-bond donors (Lipinski definition) is 2. The van der Waals surface area contributed by atoms with E-state index < -0.39 is 0 Å². The number of benzene rings is 1. The molecule has 2 saturated heterocycles. The van der Waals surface area contributed by atoms with Gasteiger partial charge in [-0.3, -0.25) is 4.79 Å². The van der Waals surface area contributed by atoms with Crippen molar-refractivity contribution in [3.63, 3.8) is 0 Å². The lowest BCUT2D eigenvalue weighted by atomic mass is 9.97. The minimum Gasteiger partial charge on any atom is -0.496 e. The van der Waals surface area contributed by atoms with Gasteiger partial charge in [0.15, 0.2) is 0 Å². The second kappa shape index (κ2) is 6.61. The third-order valence-electron chi connectivity index (χ3n) is 5.23. The van der Waals surface area contributed by atoms with Crippen molar-refractivity contribution in [3.05, 3.63) is 17.7 Å². The van der Waals surface area contributed by atoms with E-state index in [1.54, 1.807) is 13.2 Å². The molecule has 23 heavy (non-hydrogen) atoms. The first-order valence-electron chi connectivity index (χ1n) is 8.07. The Balaban J connectivity index is 1.76. The molecule has 3 N–H and O–H groups in total. The van der Waals surface area contributed by atoms with Gasteiger partial charge in [0.1, 0.15) is 5.75 Å². The molecule has 0 aliphatic carbocycles. The molecule has 2 unspecified atom stereocenters.